The predicted octanol–water partition coefficient (Wildman–Crippen LogP) is 3.23. The summed E-state index contributed by atoms with van der Waals surface area (Å²) in [6, 6.07) is 5.76. The van der Waals surface area contributed by atoms with E-state index in [0.717, 1.165) is 18.4 Å². The van der Waals surface area contributed by atoms with Crippen LogP contribution >= 0.6 is 0 Å². The Morgan fingerprint density at radius 2 is 2.00 bits per heavy atom. The van der Waals surface area contributed by atoms with Gasteiger partial charge in [-0.05, 0) is 50.8 Å². The number of nitrogens with zero attached hydrogens (tertiary/aromatic N) is 2. The van der Waals surface area contributed by atoms with E-state index in [-0.39, 0.29) is 23.9 Å². The second-order valence-corrected chi connectivity index (χ2v) is 9.53. The normalized spacial score (nSPS) is 23.0. The Morgan fingerprint density at radius 1 is 1.24 bits per heavy atom. The minimum Gasteiger partial charge on any atom is -0.378 e. The molecule has 1 saturated heterocycles. The zero-order chi connectivity index (χ0) is 23.5. The van der Waals surface area contributed by atoms with E-state index in [2.05, 4.69) is 15.5 Å². The predicted molar refractivity (Wildman–Crippen MR) is 129 cm³/mol. The van der Waals surface area contributed by atoms with Crippen LogP contribution in [-0.2, 0) is 4.74 Å². The highest BCUT2D eigenvalue weighted by atomic mass is 19.1. The van der Waals surface area contributed by atoms with E-state index < -0.39 is 6.17 Å². The first-order chi connectivity index (χ1) is 15.9. The molecule has 2 aromatic rings. The number of aromatic nitrogens is 1. The molecular weight excluding hydrogens is 421 g/mol. The summed E-state index contributed by atoms with van der Waals surface area (Å²) < 4.78 is 20.1. The molecule has 2 heterocycles. The topological polar surface area (TPSA) is 92.5 Å². The van der Waals surface area contributed by atoms with Gasteiger partial charge >= 0.3 is 0 Å². The summed E-state index contributed by atoms with van der Waals surface area (Å²) in [5, 5.41) is 7.32. The molecule has 7 nitrogen and oxygen atoms in total. The molecule has 180 valence electrons. The monoisotopic (exact) mass is 457 g/mol. The van der Waals surface area contributed by atoms with Crippen LogP contribution in [0.3, 0.4) is 0 Å². The molecule has 3 atom stereocenters. The first kappa shape index (κ1) is 23.9. The summed E-state index contributed by atoms with van der Waals surface area (Å²) >= 11 is 0. The maximum Gasteiger partial charge on any atom is 0.256 e. The number of pyridine rings is 1. The molecule has 4 N–H and O–H groups in total. The minimum absolute atomic E-state index is 0.0303. The van der Waals surface area contributed by atoms with Crippen molar-refractivity contribution in [3.63, 3.8) is 0 Å². The smallest absolute Gasteiger partial charge is 0.256 e. The highest BCUT2D eigenvalue weighted by Gasteiger charge is 2.33. The van der Waals surface area contributed by atoms with Crippen LogP contribution < -0.4 is 21.3 Å². The van der Waals surface area contributed by atoms with Gasteiger partial charge in [0.1, 0.15) is 11.6 Å². The van der Waals surface area contributed by atoms with Crippen LogP contribution in [-0.4, -0.2) is 55.4 Å². The number of nitrogens with two attached hydrogens (primary N) is 1. The van der Waals surface area contributed by atoms with Crippen LogP contribution in [0.2, 0.25) is 0 Å². The number of nitrogens with one attached hydrogen (secondary N) is 2. The van der Waals surface area contributed by atoms with Crippen LogP contribution in [0.4, 0.5) is 10.2 Å². The number of hydrogen-bond donors (Lipinski definition) is 3. The molecule has 1 aliphatic carbocycles. The Balaban J connectivity index is 1.62. The second kappa shape index (κ2) is 10.3. The molecule has 2 aliphatic rings. The van der Waals surface area contributed by atoms with Crippen LogP contribution in [0.15, 0.2) is 18.2 Å². The van der Waals surface area contributed by atoms with Gasteiger partial charge in [-0.25, -0.2) is 9.37 Å². The molecule has 1 amide bonds. The van der Waals surface area contributed by atoms with Crippen LogP contribution in [0.25, 0.3) is 10.9 Å². The summed E-state index contributed by atoms with van der Waals surface area (Å²) in [4.78, 5) is 19.8. The summed E-state index contributed by atoms with van der Waals surface area (Å²) in [5.41, 5.74) is 7.31. The Hall–Kier alpha value is -2.29. The molecule has 0 bridgehead atoms. The summed E-state index contributed by atoms with van der Waals surface area (Å²) in [6.45, 7) is 4.76. The number of piperidine rings is 1. The lowest BCUT2D eigenvalue weighted by Gasteiger charge is -2.41. The van der Waals surface area contributed by atoms with Crippen LogP contribution in [0.1, 0.15) is 61.4 Å². The molecule has 1 unspecified atom stereocenters. The van der Waals surface area contributed by atoms with E-state index in [4.69, 9.17) is 15.5 Å². The van der Waals surface area contributed by atoms with Crippen molar-refractivity contribution in [3.05, 3.63) is 35.1 Å². The number of carbonyl (C=O) groups excluding carboxylic acids is 1. The number of hydrogen-bond acceptors (Lipinski definition) is 6. The van der Waals surface area contributed by atoms with E-state index in [1.807, 2.05) is 0 Å². The van der Waals surface area contributed by atoms with Gasteiger partial charge in [-0.2, -0.15) is 0 Å². The van der Waals surface area contributed by atoms with E-state index in [1.54, 1.807) is 33.1 Å². The van der Waals surface area contributed by atoms with E-state index >= 15 is 0 Å². The lowest BCUT2D eigenvalue weighted by molar-refractivity contribution is 0.0533. The van der Waals surface area contributed by atoms with Gasteiger partial charge < -0.3 is 26.0 Å². The van der Waals surface area contributed by atoms with Crippen molar-refractivity contribution in [1.29, 1.82) is 0 Å². The fourth-order valence-electron chi connectivity index (χ4n) is 5.10. The molecule has 8 heteroatoms. The average molecular weight is 458 g/mol. The lowest BCUT2D eigenvalue weighted by Crippen LogP contribution is -2.56. The summed E-state index contributed by atoms with van der Waals surface area (Å²) in [7, 11) is 1.74. The fraction of sp³-hybridized carbons (Fsp3) is 0.600. The van der Waals surface area contributed by atoms with Crippen molar-refractivity contribution in [2.75, 3.05) is 25.1 Å². The first-order valence-electron chi connectivity index (χ1n) is 12.1. The molecule has 1 aromatic carbocycles. The van der Waals surface area contributed by atoms with Gasteiger partial charge in [0.25, 0.3) is 5.91 Å². The van der Waals surface area contributed by atoms with Crippen molar-refractivity contribution >= 4 is 22.6 Å². The highest BCUT2D eigenvalue weighted by Crippen LogP contribution is 2.29. The van der Waals surface area contributed by atoms with Gasteiger partial charge in [-0.3, -0.25) is 4.79 Å². The summed E-state index contributed by atoms with van der Waals surface area (Å²) in [6.07, 6.45) is 6.68. The maximum absolute atomic E-state index is 14.3. The number of fused-ring (bicyclic) bond motifs is 1. The van der Waals surface area contributed by atoms with Gasteiger partial charge in [-0.15, -0.1) is 0 Å². The Bertz CT molecular complexity index is 992. The SMILES string of the molecule is CO[C@H]1CN(c2nc3cc(F)c(C)cc3cc2C(=O)NC(C)N)CC[C@H]1NC1CCCCC1. The van der Waals surface area contributed by atoms with Gasteiger partial charge in [0.05, 0.1) is 23.3 Å². The number of anilines is 1. The van der Waals surface area contributed by atoms with Crippen molar-refractivity contribution < 1.29 is 13.9 Å². The number of ether oxygens (including phenoxy) is 1. The zero-order valence-corrected chi connectivity index (χ0v) is 19.9. The van der Waals surface area contributed by atoms with Crippen molar-refractivity contribution in [3.8, 4) is 0 Å². The standard InChI is InChI=1S/C25H36FN5O2/c1-15-11-17-12-19(25(32)28-16(2)27)24(30-22(17)13-20(15)26)31-10-9-21(23(14-31)33-3)29-18-7-5-4-6-8-18/h11-13,16,18,21,23,29H,4-10,14,27H2,1-3H3,(H,28,32)/t16?,21-,23+/m1/s1. The van der Waals surface area contributed by atoms with E-state index in [9.17, 15) is 9.18 Å². The number of aryl methyl sites for hydroxylation is 1. The molecule has 1 aliphatic heterocycles. The summed E-state index contributed by atoms with van der Waals surface area (Å²) in [5.74, 6) is -0.0474. The van der Waals surface area contributed by atoms with Crippen LogP contribution in [0.5, 0.6) is 0 Å². The Morgan fingerprint density at radius 3 is 2.70 bits per heavy atom. The number of carbonyl (C=O) groups is 1. The van der Waals surface area contributed by atoms with Gasteiger partial charge in [0.15, 0.2) is 0 Å². The molecule has 1 saturated carbocycles. The third kappa shape index (κ3) is 5.45. The Kier molecular flexibility index (Phi) is 7.46. The molecule has 2 fully saturated rings. The molecular formula is C25H36FN5O2. The quantitative estimate of drug-likeness (QED) is 0.577. The van der Waals surface area contributed by atoms with Crippen molar-refractivity contribution in [2.45, 2.75) is 76.7 Å². The van der Waals surface area contributed by atoms with Crippen LogP contribution in [0, 0.1) is 12.7 Å². The minimum atomic E-state index is -0.492. The maximum atomic E-state index is 14.3. The number of benzene rings is 1. The number of halogens is 1. The molecule has 1 aromatic heterocycles. The highest BCUT2D eigenvalue weighted by molar-refractivity contribution is 6.02. The fourth-order valence-corrected chi connectivity index (χ4v) is 5.10. The van der Waals surface area contributed by atoms with Gasteiger partial charge in [0.2, 0.25) is 0 Å². The number of rotatable bonds is 6. The largest absolute Gasteiger partial charge is 0.378 e. The van der Waals surface area contributed by atoms with E-state index in [1.165, 1.54) is 38.2 Å². The number of amides is 1. The van der Waals surface area contributed by atoms with E-state index in [0.29, 0.717) is 35.0 Å². The van der Waals surface area contributed by atoms with Crippen molar-refractivity contribution in [2.24, 2.45) is 5.73 Å². The van der Waals surface area contributed by atoms with Crippen molar-refractivity contribution in [1.82, 2.24) is 15.6 Å². The first-order valence-corrected chi connectivity index (χ1v) is 12.1. The second-order valence-electron chi connectivity index (χ2n) is 9.53. The third-order valence-electron chi connectivity index (χ3n) is 6.89. The number of methoxy groups -OCH3 is 1. The zero-order valence-electron chi connectivity index (χ0n) is 19.9. The van der Waals surface area contributed by atoms with Gasteiger partial charge in [0, 0.05) is 43.7 Å². The Labute approximate surface area is 195 Å². The lowest BCUT2D eigenvalue weighted by atomic mass is 9.92. The molecule has 0 spiro atoms. The third-order valence-corrected chi connectivity index (χ3v) is 6.89. The van der Waals surface area contributed by atoms with Gasteiger partial charge in [-0.1, -0.05) is 19.3 Å². The average Bonchev–Trinajstić information content (AvgIpc) is 2.79. The molecule has 0 radical (unpaired) electrons. The molecule has 4 rings (SSSR count). The molecule has 33 heavy (non-hydrogen) atoms.